The molecular formula is C23H26N2O5. The van der Waals surface area contributed by atoms with Crippen LogP contribution in [-0.4, -0.2) is 42.3 Å². The highest BCUT2D eigenvalue weighted by molar-refractivity contribution is 5.84. The lowest BCUT2D eigenvalue weighted by molar-refractivity contribution is -0.141. The quantitative estimate of drug-likeness (QED) is 0.620. The van der Waals surface area contributed by atoms with Crippen LogP contribution in [0.5, 0.6) is 0 Å². The zero-order valence-electron chi connectivity index (χ0n) is 17.1. The first kappa shape index (κ1) is 21.4. The van der Waals surface area contributed by atoms with Crippen molar-refractivity contribution in [2.45, 2.75) is 32.2 Å². The Balaban J connectivity index is 1.48. The van der Waals surface area contributed by atoms with Crippen LogP contribution in [0.4, 0.5) is 4.79 Å². The molecule has 0 aromatic heterocycles. The maximum atomic E-state index is 12.1. The molecule has 158 valence electrons. The van der Waals surface area contributed by atoms with Crippen molar-refractivity contribution in [1.29, 1.82) is 0 Å². The molecule has 2 amide bonds. The molecule has 0 saturated carbocycles. The van der Waals surface area contributed by atoms with Crippen LogP contribution in [-0.2, 0) is 14.3 Å². The second-order valence-electron chi connectivity index (χ2n) is 7.51. The molecule has 0 heterocycles. The Morgan fingerprint density at radius 2 is 1.57 bits per heavy atom. The van der Waals surface area contributed by atoms with E-state index in [1.54, 1.807) is 6.92 Å². The summed E-state index contributed by atoms with van der Waals surface area (Å²) in [6.45, 7) is 3.57. The fourth-order valence-electron chi connectivity index (χ4n) is 3.59. The van der Waals surface area contributed by atoms with Crippen LogP contribution < -0.4 is 10.6 Å². The van der Waals surface area contributed by atoms with E-state index in [9.17, 15) is 14.4 Å². The van der Waals surface area contributed by atoms with Gasteiger partial charge in [0.2, 0.25) is 5.91 Å². The van der Waals surface area contributed by atoms with Gasteiger partial charge in [-0.05, 0) is 35.6 Å². The van der Waals surface area contributed by atoms with E-state index in [1.807, 2.05) is 24.3 Å². The first-order valence-corrected chi connectivity index (χ1v) is 10.0. The van der Waals surface area contributed by atoms with Crippen LogP contribution in [0.25, 0.3) is 11.1 Å². The summed E-state index contributed by atoms with van der Waals surface area (Å²) >= 11 is 0. The Morgan fingerprint density at radius 3 is 2.13 bits per heavy atom. The number of hydrogen-bond acceptors (Lipinski definition) is 4. The third-order valence-corrected chi connectivity index (χ3v) is 5.37. The van der Waals surface area contributed by atoms with Gasteiger partial charge in [0, 0.05) is 18.4 Å². The van der Waals surface area contributed by atoms with E-state index < -0.39 is 24.0 Å². The summed E-state index contributed by atoms with van der Waals surface area (Å²) in [5, 5.41) is 13.9. The monoisotopic (exact) mass is 410 g/mol. The number of carboxylic acids is 1. The second-order valence-corrected chi connectivity index (χ2v) is 7.51. The van der Waals surface area contributed by atoms with Gasteiger partial charge in [-0.2, -0.15) is 0 Å². The summed E-state index contributed by atoms with van der Waals surface area (Å²) in [7, 11) is 0. The highest BCUT2D eigenvalue weighted by atomic mass is 16.5. The van der Waals surface area contributed by atoms with E-state index in [2.05, 4.69) is 34.9 Å². The fourth-order valence-corrected chi connectivity index (χ4v) is 3.59. The number of amides is 2. The Kier molecular flexibility index (Phi) is 6.72. The minimum absolute atomic E-state index is 0.00893. The van der Waals surface area contributed by atoms with Crippen molar-refractivity contribution in [2.75, 3.05) is 13.2 Å². The molecule has 1 unspecified atom stereocenters. The number of hydrogen-bond donors (Lipinski definition) is 3. The lowest BCUT2D eigenvalue weighted by atomic mass is 9.98. The number of nitrogens with one attached hydrogen (secondary N) is 2. The average Bonchev–Trinajstić information content (AvgIpc) is 3.05. The van der Waals surface area contributed by atoms with Crippen molar-refractivity contribution in [1.82, 2.24) is 10.6 Å². The topological polar surface area (TPSA) is 105 Å². The van der Waals surface area contributed by atoms with Gasteiger partial charge in [-0.25, -0.2) is 4.79 Å². The van der Waals surface area contributed by atoms with Crippen LogP contribution >= 0.6 is 0 Å². The Morgan fingerprint density at radius 1 is 1.00 bits per heavy atom. The number of ether oxygens (including phenoxy) is 1. The van der Waals surface area contributed by atoms with Gasteiger partial charge in [-0.1, -0.05) is 55.5 Å². The largest absolute Gasteiger partial charge is 0.480 e. The summed E-state index contributed by atoms with van der Waals surface area (Å²) in [5.41, 5.74) is 4.61. The molecule has 7 nitrogen and oxygen atoms in total. The molecule has 0 aliphatic heterocycles. The number of carbonyl (C=O) groups excluding carboxylic acids is 2. The minimum atomic E-state index is -1.09. The average molecular weight is 410 g/mol. The maximum absolute atomic E-state index is 12.1. The molecule has 30 heavy (non-hydrogen) atoms. The number of aliphatic carboxylic acids is 1. The van der Waals surface area contributed by atoms with Gasteiger partial charge in [0.05, 0.1) is 0 Å². The number of carboxylic acid groups (broad SMARTS) is 1. The highest BCUT2D eigenvalue weighted by Crippen LogP contribution is 2.44. The standard InChI is InChI=1S/C23H26N2O5/c1-14(21(26)25-15(2)22(27)28)11-12-24-23(29)30-13-20-18-9-5-3-7-16(18)17-8-4-6-10-19(17)20/h3-10,14-15,20H,11-13H2,1-2H3,(H,24,29)(H,25,26)(H,27,28)/t14?,15-/m0/s1. The van der Waals surface area contributed by atoms with Crippen molar-refractivity contribution < 1.29 is 24.2 Å². The highest BCUT2D eigenvalue weighted by Gasteiger charge is 2.29. The van der Waals surface area contributed by atoms with Crippen molar-refractivity contribution in [3.8, 4) is 11.1 Å². The third kappa shape index (κ3) is 4.79. The number of alkyl carbamates (subject to hydrolysis) is 1. The van der Waals surface area contributed by atoms with Gasteiger partial charge in [0.15, 0.2) is 0 Å². The number of benzene rings is 2. The molecule has 0 bridgehead atoms. The van der Waals surface area contributed by atoms with Crippen LogP contribution in [0.1, 0.15) is 37.3 Å². The number of carbonyl (C=O) groups is 3. The van der Waals surface area contributed by atoms with Gasteiger partial charge in [0.25, 0.3) is 0 Å². The summed E-state index contributed by atoms with van der Waals surface area (Å²) in [4.78, 5) is 34.9. The Labute approximate surface area is 175 Å². The SMILES string of the molecule is CC(CCNC(=O)OCC1c2ccccc2-c2ccccc21)C(=O)N[C@@H](C)C(=O)O. The molecule has 0 spiro atoms. The molecule has 2 atom stereocenters. The Hall–Kier alpha value is -3.35. The summed E-state index contributed by atoms with van der Waals surface area (Å²) in [6.07, 6.45) is -0.161. The van der Waals surface area contributed by atoms with Crippen molar-refractivity contribution >= 4 is 18.0 Å². The van der Waals surface area contributed by atoms with E-state index in [0.29, 0.717) is 6.42 Å². The van der Waals surface area contributed by atoms with Crippen LogP contribution in [0.15, 0.2) is 48.5 Å². The minimum Gasteiger partial charge on any atom is -0.480 e. The molecular weight excluding hydrogens is 384 g/mol. The van der Waals surface area contributed by atoms with Crippen molar-refractivity contribution in [2.24, 2.45) is 5.92 Å². The smallest absolute Gasteiger partial charge is 0.407 e. The predicted molar refractivity (Wildman–Crippen MR) is 112 cm³/mol. The molecule has 3 N–H and O–H groups in total. The van der Waals surface area contributed by atoms with Gasteiger partial charge in [0.1, 0.15) is 12.6 Å². The molecule has 1 aliphatic rings. The van der Waals surface area contributed by atoms with Gasteiger partial charge in [-0.15, -0.1) is 0 Å². The molecule has 1 aliphatic carbocycles. The van der Waals surface area contributed by atoms with Crippen LogP contribution in [0, 0.1) is 5.92 Å². The lowest BCUT2D eigenvalue weighted by Gasteiger charge is -2.16. The van der Waals surface area contributed by atoms with Crippen LogP contribution in [0.2, 0.25) is 0 Å². The van der Waals surface area contributed by atoms with E-state index in [0.717, 1.165) is 22.3 Å². The maximum Gasteiger partial charge on any atom is 0.407 e. The summed E-state index contributed by atoms with van der Waals surface area (Å²) in [5.74, 6) is -1.89. The van der Waals surface area contributed by atoms with Crippen molar-refractivity contribution in [3.05, 3.63) is 59.7 Å². The van der Waals surface area contributed by atoms with Crippen LogP contribution in [0.3, 0.4) is 0 Å². The molecule has 0 saturated heterocycles. The lowest BCUT2D eigenvalue weighted by Crippen LogP contribution is -2.41. The summed E-state index contributed by atoms with van der Waals surface area (Å²) in [6, 6.07) is 15.3. The first-order valence-electron chi connectivity index (χ1n) is 10.0. The van der Waals surface area contributed by atoms with Gasteiger partial charge >= 0.3 is 12.1 Å². The fraction of sp³-hybridized carbons (Fsp3) is 0.348. The molecule has 0 fully saturated rings. The number of rotatable bonds is 8. The second kappa shape index (κ2) is 9.43. The normalized spacial score (nSPS) is 14.2. The van der Waals surface area contributed by atoms with Gasteiger partial charge in [-0.3, -0.25) is 9.59 Å². The van der Waals surface area contributed by atoms with Gasteiger partial charge < -0.3 is 20.5 Å². The Bertz CT molecular complexity index is 897. The summed E-state index contributed by atoms with van der Waals surface area (Å²) < 4.78 is 5.45. The molecule has 2 aromatic carbocycles. The zero-order valence-corrected chi connectivity index (χ0v) is 17.1. The molecule has 2 aromatic rings. The van der Waals surface area contributed by atoms with E-state index in [1.165, 1.54) is 6.92 Å². The number of fused-ring (bicyclic) bond motifs is 3. The molecule has 7 heteroatoms. The molecule has 3 rings (SSSR count). The molecule has 0 radical (unpaired) electrons. The van der Waals surface area contributed by atoms with E-state index in [4.69, 9.17) is 9.84 Å². The third-order valence-electron chi connectivity index (χ3n) is 5.37. The first-order chi connectivity index (χ1) is 14.4. The zero-order chi connectivity index (χ0) is 21.7. The predicted octanol–water partition coefficient (Wildman–Crippen LogP) is 3.14. The van der Waals surface area contributed by atoms with E-state index >= 15 is 0 Å². The van der Waals surface area contributed by atoms with Crippen molar-refractivity contribution in [3.63, 3.8) is 0 Å². The van der Waals surface area contributed by atoms with E-state index in [-0.39, 0.29) is 25.0 Å².